The van der Waals surface area contributed by atoms with Gasteiger partial charge >= 0.3 is 0 Å². The van der Waals surface area contributed by atoms with Gasteiger partial charge in [-0.15, -0.1) is 45.3 Å². The Labute approximate surface area is 755 Å². The van der Waals surface area contributed by atoms with Gasteiger partial charge in [0.1, 0.15) is 39.1 Å². The number of hydrogen-bond acceptors (Lipinski definition) is 28. The van der Waals surface area contributed by atoms with E-state index in [4.69, 9.17) is 64.7 Å². The maximum absolute atomic E-state index is 13.3. The number of anilines is 8. The highest BCUT2D eigenvalue weighted by Gasteiger charge is 2.33. The molecule has 120 heavy (non-hydrogen) atoms. The molecule has 32 nitrogen and oxygen atoms in total. The van der Waals surface area contributed by atoms with Gasteiger partial charge in [0, 0.05) is 85.6 Å². The van der Waals surface area contributed by atoms with Crippen LogP contribution in [0.25, 0.3) is 0 Å². The van der Waals surface area contributed by atoms with Gasteiger partial charge in [-0.05, 0) is 252 Å². The predicted octanol–water partition coefficient (Wildman–Crippen LogP) is 16.9. The van der Waals surface area contributed by atoms with E-state index in [0.717, 1.165) is 85.9 Å². The first-order valence-electron chi connectivity index (χ1n) is 50.1. The fourth-order valence-electron chi connectivity index (χ4n) is 10.1. The van der Waals surface area contributed by atoms with Gasteiger partial charge in [-0.25, -0.2) is 52.6 Å². The van der Waals surface area contributed by atoms with Crippen LogP contribution in [0.15, 0.2) is 132 Å². The quantitative estimate of drug-likeness (QED) is 0.0260. The van der Waals surface area contributed by atoms with Crippen molar-refractivity contribution >= 4 is 178 Å². The van der Waals surface area contributed by atoms with Crippen molar-refractivity contribution in [2.24, 2.45) is 0 Å². The first-order chi connectivity index (χ1) is 69.9. The topological polar surface area (TPSA) is 473 Å². The van der Waals surface area contributed by atoms with Crippen LogP contribution in [-0.4, -0.2) is 101 Å². The first-order valence-corrected chi connectivity index (χ1v) is 42.5. The SMILES string of the molecule is [2H]c1c(C([2H])([2H])[2H])cc(C(C)=O)c(NC(=O)c2sccc2S(=O)(=O)Nc2onc(C([2H])([2H])[2H])c2C)c1C([2H])([2H])[2H].[2H]c1c(C([2H])([2H])[2H])cc(C(C)=O)c(NC(=O)c2sccc2S(=O)(=O)Nc2onc(C)c2C([2H])([2H])[2H])c1C([2H])([2H])[2H].[2H]c1c(C([2H])([2H])[2H])cc(C(C)=O)c(NC(=O)c2sccc2S(=O)(=O)Nc2onc(C)c2C)c1C([2H])([2H])[2H].[2H]c1c(C)cc(C(C)=O)c(NC(=O)c2sccc2S(=O)(=O)Nc2onc(C([2H])([2H])[2H])c2C([2H])([2H])[2H])c1C. The number of sulfonamides is 4. The Bertz CT molecular complexity index is 8070. The van der Waals surface area contributed by atoms with Crippen LogP contribution in [-0.2, 0) is 40.1 Å². The standard InChI is InChI=1S/4C20H21N3O5S2/c4*1-10-8-11(2)17(15(9-10)14(5)24)21-19(25)18-16(6-7-29-18)30(26,27)23-20-12(3)13(4)22-28-20/h4*6-9,23H,1-5H3,(H,21,25)/i1D3,2D3,4D3,8D;1D3,2D3,3D3,8D;3D3,4D3,8D;1D3,2D3,8D. The molecule has 0 spiro atoms. The molecule has 40 heteroatoms. The molecule has 0 bridgehead atoms. The number of nitrogens with zero attached hydrogens (tertiary/aromatic N) is 4. The summed E-state index contributed by atoms with van der Waals surface area (Å²) >= 11 is 2.73. The third-order valence-electron chi connectivity index (χ3n) is 16.1. The summed E-state index contributed by atoms with van der Waals surface area (Å²) in [5, 5.41) is 27.9. The first kappa shape index (κ1) is 55.0. The van der Waals surface area contributed by atoms with Crippen LogP contribution in [0.5, 0.6) is 0 Å². The molecule has 0 aliphatic carbocycles. The van der Waals surface area contributed by atoms with Gasteiger partial charge in [0.25, 0.3) is 63.7 Å². The van der Waals surface area contributed by atoms with Crippen molar-refractivity contribution < 1.29 is 137 Å². The average Bonchev–Trinajstić information content (AvgIpc) is 1.09. The molecule has 0 unspecified atom stereocenters. The van der Waals surface area contributed by atoms with Crippen LogP contribution in [0.3, 0.4) is 0 Å². The lowest BCUT2D eigenvalue weighted by molar-refractivity contribution is 0.100. The van der Waals surface area contributed by atoms with Gasteiger partial charge in [0.05, 0.1) is 51.0 Å². The van der Waals surface area contributed by atoms with Gasteiger partial charge < -0.3 is 39.4 Å². The van der Waals surface area contributed by atoms with Crippen molar-refractivity contribution in [2.45, 2.75) is 157 Å². The molecule has 0 aliphatic heterocycles. The zero-order valence-electron chi connectivity index (χ0n) is 97.1. The summed E-state index contributed by atoms with van der Waals surface area (Å²) in [6.07, 6.45) is 0. The smallest absolute Gasteiger partial charge is 0.267 e. The van der Waals surface area contributed by atoms with E-state index in [1.165, 1.54) is 55.3 Å². The van der Waals surface area contributed by atoms with Gasteiger partial charge in [-0.3, -0.25) is 38.4 Å². The summed E-state index contributed by atoms with van der Waals surface area (Å²) in [5.41, 5.74) is -9.35. The Balaban J connectivity index is 0.000000227. The van der Waals surface area contributed by atoms with E-state index >= 15 is 0 Å². The molecule has 8 aromatic heterocycles. The molecule has 0 saturated carbocycles. The maximum Gasteiger partial charge on any atom is 0.267 e. The maximum atomic E-state index is 13.3. The Morgan fingerprint density at radius 1 is 0.325 bits per heavy atom. The third kappa shape index (κ3) is 21.0. The molecule has 8 heterocycles. The third-order valence-corrected chi connectivity index (χ3v) is 25.8. The highest BCUT2D eigenvalue weighted by Crippen LogP contribution is 2.36. The van der Waals surface area contributed by atoms with Crippen molar-refractivity contribution in [3.8, 4) is 0 Å². The van der Waals surface area contributed by atoms with E-state index in [9.17, 15) is 72.0 Å². The predicted molar refractivity (Wildman–Crippen MR) is 460 cm³/mol. The molecule has 12 rings (SSSR count). The second-order valence-electron chi connectivity index (χ2n) is 24.7. The lowest BCUT2D eigenvalue weighted by Gasteiger charge is -2.14. The summed E-state index contributed by atoms with van der Waals surface area (Å²) < 4.78 is 395. The van der Waals surface area contributed by atoms with E-state index in [1.54, 1.807) is 20.8 Å². The van der Waals surface area contributed by atoms with Gasteiger partial charge in [0.2, 0.25) is 23.5 Å². The number of hydrogen-bond donors (Lipinski definition) is 8. The van der Waals surface area contributed by atoms with E-state index in [2.05, 4.69) is 46.6 Å². The summed E-state index contributed by atoms with van der Waals surface area (Å²) in [6, 6.07) is 5.48. The highest BCUT2D eigenvalue weighted by molar-refractivity contribution is 7.94. The normalized spacial score (nSPS) is 16.6. The monoisotopic (exact) mass is 1820 g/mol. The molecule has 0 radical (unpaired) electrons. The Hall–Kier alpha value is -11.9. The minimum atomic E-state index is -4.68. The van der Waals surface area contributed by atoms with Gasteiger partial charge in [-0.1, -0.05) is 44.8 Å². The minimum Gasteiger partial charge on any atom is -0.337 e. The number of carbonyl (C=O) groups is 8. The number of carbonyl (C=O) groups excluding carboxylic acids is 8. The van der Waals surface area contributed by atoms with Gasteiger partial charge in [-0.2, -0.15) is 0 Å². The number of benzene rings is 4. The highest BCUT2D eigenvalue weighted by atomic mass is 32.2. The Morgan fingerprint density at radius 2 is 0.567 bits per heavy atom. The van der Waals surface area contributed by atoms with E-state index in [-0.39, 0.29) is 50.0 Å². The molecular weight excluding hydrogens is 1710 g/mol. The molecule has 8 N–H and O–H groups in total. The van der Waals surface area contributed by atoms with Crippen molar-refractivity contribution in [2.75, 3.05) is 40.2 Å². The molecule has 4 amide bonds. The zero-order chi connectivity index (χ0) is 117. The van der Waals surface area contributed by atoms with Crippen LogP contribution < -0.4 is 40.2 Å². The van der Waals surface area contributed by atoms with Crippen molar-refractivity contribution in [1.82, 2.24) is 20.6 Å². The molecule has 632 valence electrons. The number of nitrogens with one attached hydrogen (secondary N) is 8. The second kappa shape index (κ2) is 37.2. The number of ketones is 4. The molecular formula is C80H84N12O20S8. The summed E-state index contributed by atoms with van der Waals surface area (Å²) in [6.45, 7) is -16.6. The number of aryl methyl sites for hydroxylation is 8. The van der Waals surface area contributed by atoms with Crippen molar-refractivity contribution in [3.63, 3.8) is 0 Å². The Morgan fingerprint density at radius 3 is 0.825 bits per heavy atom. The minimum absolute atomic E-state index is 0.0556. The van der Waals surface area contributed by atoms with Crippen LogP contribution in [0.2, 0.25) is 0 Å². The second-order valence-corrected chi connectivity index (χ2v) is 35.0. The number of aromatic nitrogens is 4. The Kier molecular flexibility index (Phi) is 17.0. The molecule has 12 aromatic rings. The fourth-order valence-corrected chi connectivity index (χ4v) is 19.5. The number of Topliss-reactive ketones (excluding diaryl/α,β-unsaturated/α-hetero) is 4. The van der Waals surface area contributed by atoms with Gasteiger partial charge in [0.15, 0.2) is 23.1 Å². The largest absolute Gasteiger partial charge is 0.337 e. The summed E-state index contributed by atoms with van der Waals surface area (Å²) in [7, 11) is -18.3. The average molecular weight is 1820 g/mol. The van der Waals surface area contributed by atoms with E-state index in [1.807, 2.05) is 14.2 Å². The van der Waals surface area contributed by atoms with E-state index in [0.29, 0.717) is 45.1 Å². The molecule has 0 aliphatic rings. The number of rotatable bonds is 24. The number of thiophene rings is 4. The lowest BCUT2D eigenvalue weighted by atomic mass is 10.0. The van der Waals surface area contributed by atoms with Crippen LogP contribution >= 0.6 is 45.3 Å². The zero-order valence-corrected chi connectivity index (χ0v) is 69.7. The summed E-state index contributed by atoms with van der Waals surface area (Å²) in [5.74, 6) is -9.45. The molecule has 0 saturated heterocycles. The molecule has 4 aromatic carbocycles. The van der Waals surface area contributed by atoms with Crippen molar-refractivity contribution in [3.05, 3.63) is 226 Å². The summed E-state index contributed by atoms with van der Waals surface area (Å²) in [4.78, 5) is 98.3. The van der Waals surface area contributed by atoms with E-state index < -0.39 is 304 Å². The van der Waals surface area contributed by atoms with Crippen molar-refractivity contribution in [1.29, 1.82) is 0 Å². The number of amides is 4. The van der Waals surface area contributed by atoms with Crippen LogP contribution in [0, 0.1) is 110 Å². The van der Waals surface area contributed by atoms with Crippen LogP contribution in [0.1, 0.15) is 244 Å². The van der Waals surface area contributed by atoms with Crippen LogP contribution in [0.4, 0.5) is 46.3 Å². The molecule has 0 atom stereocenters. The fraction of sp³-hybridized carbons (Fsp3) is 0.250. The lowest BCUT2D eigenvalue weighted by Crippen LogP contribution is -2.20. The molecule has 0 fully saturated rings.